The van der Waals surface area contributed by atoms with E-state index in [-0.39, 0.29) is 24.0 Å². The SMILES string of the molecule is CCCN1CCC(NC(=NC)NCCSC)CC1.I. The van der Waals surface area contributed by atoms with Gasteiger partial charge in [0.25, 0.3) is 0 Å². The minimum absolute atomic E-state index is 0. The van der Waals surface area contributed by atoms with Crippen LogP contribution in [0.5, 0.6) is 0 Å². The van der Waals surface area contributed by atoms with Crippen molar-refractivity contribution in [2.45, 2.75) is 32.2 Å². The summed E-state index contributed by atoms with van der Waals surface area (Å²) in [6.45, 7) is 6.91. The quantitative estimate of drug-likeness (QED) is 0.310. The standard InChI is InChI=1S/C13H28N4S.HI/c1-4-8-17-9-5-12(6-10-17)16-13(14-2)15-7-11-18-3;/h12H,4-11H2,1-3H3,(H2,14,15,16);1H. The van der Waals surface area contributed by atoms with Crippen LogP contribution >= 0.6 is 35.7 Å². The molecule has 1 heterocycles. The number of nitrogens with zero attached hydrogens (tertiary/aromatic N) is 2. The first-order valence-corrected chi connectivity index (χ1v) is 8.38. The van der Waals surface area contributed by atoms with Gasteiger partial charge in [-0.15, -0.1) is 24.0 Å². The highest BCUT2D eigenvalue weighted by Gasteiger charge is 2.18. The third-order valence-electron chi connectivity index (χ3n) is 3.29. The number of rotatable bonds is 6. The second kappa shape index (κ2) is 12.1. The van der Waals surface area contributed by atoms with Crippen LogP contribution in [0.4, 0.5) is 0 Å². The minimum atomic E-state index is 0. The lowest BCUT2D eigenvalue weighted by Gasteiger charge is -2.32. The number of hydrogen-bond donors (Lipinski definition) is 2. The van der Waals surface area contributed by atoms with Crippen molar-refractivity contribution in [3.05, 3.63) is 0 Å². The Morgan fingerprint density at radius 1 is 1.37 bits per heavy atom. The third-order valence-corrected chi connectivity index (χ3v) is 3.90. The molecule has 0 aromatic rings. The minimum Gasteiger partial charge on any atom is -0.356 e. The van der Waals surface area contributed by atoms with E-state index in [2.05, 4.69) is 33.7 Å². The van der Waals surface area contributed by atoms with Crippen LogP contribution in [0.3, 0.4) is 0 Å². The number of piperidine rings is 1. The summed E-state index contributed by atoms with van der Waals surface area (Å²) < 4.78 is 0. The molecular weight excluding hydrogens is 371 g/mol. The number of halogens is 1. The molecule has 6 heteroatoms. The largest absolute Gasteiger partial charge is 0.356 e. The highest BCUT2D eigenvalue weighted by atomic mass is 127. The lowest BCUT2D eigenvalue weighted by Crippen LogP contribution is -2.49. The van der Waals surface area contributed by atoms with Gasteiger partial charge in [-0.1, -0.05) is 6.92 Å². The fourth-order valence-electron chi connectivity index (χ4n) is 2.28. The first-order chi connectivity index (χ1) is 8.80. The second-order valence-corrected chi connectivity index (χ2v) is 5.74. The smallest absolute Gasteiger partial charge is 0.191 e. The van der Waals surface area contributed by atoms with Gasteiger partial charge in [-0.05, 0) is 32.1 Å². The van der Waals surface area contributed by atoms with Gasteiger partial charge in [-0.25, -0.2) is 0 Å². The van der Waals surface area contributed by atoms with Crippen LogP contribution in [0.15, 0.2) is 4.99 Å². The highest BCUT2D eigenvalue weighted by Crippen LogP contribution is 2.10. The van der Waals surface area contributed by atoms with Crippen molar-refractivity contribution in [2.75, 3.05) is 45.2 Å². The van der Waals surface area contributed by atoms with E-state index in [4.69, 9.17) is 0 Å². The summed E-state index contributed by atoms with van der Waals surface area (Å²) in [5.74, 6) is 2.08. The molecule has 4 nitrogen and oxygen atoms in total. The molecule has 0 radical (unpaired) electrons. The summed E-state index contributed by atoms with van der Waals surface area (Å²) in [6, 6.07) is 0.582. The number of hydrogen-bond acceptors (Lipinski definition) is 3. The molecule has 114 valence electrons. The summed E-state index contributed by atoms with van der Waals surface area (Å²) in [7, 11) is 1.85. The van der Waals surface area contributed by atoms with Crippen LogP contribution in [0.25, 0.3) is 0 Å². The van der Waals surface area contributed by atoms with Gasteiger partial charge < -0.3 is 15.5 Å². The highest BCUT2D eigenvalue weighted by molar-refractivity contribution is 14.0. The average Bonchev–Trinajstić information content (AvgIpc) is 2.40. The zero-order valence-electron chi connectivity index (χ0n) is 12.4. The molecule has 0 unspecified atom stereocenters. The van der Waals surface area contributed by atoms with Crippen LogP contribution in [0.2, 0.25) is 0 Å². The van der Waals surface area contributed by atoms with Crippen molar-refractivity contribution in [1.82, 2.24) is 15.5 Å². The van der Waals surface area contributed by atoms with Gasteiger partial charge in [0.05, 0.1) is 0 Å². The van der Waals surface area contributed by atoms with Crippen LogP contribution in [0, 0.1) is 0 Å². The third kappa shape index (κ3) is 8.24. The van der Waals surface area contributed by atoms with Crippen molar-refractivity contribution in [3.63, 3.8) is 0 Å². The molecule has 1 fully saturated rings. The molecule has 0 atom stereocenters. The molecule has 0 aliphatic carbocycles. The Bertz CT molecular complexity index is 243. The first-order valence-electron chi connectivity index (χ1n) is 6.98. The maximum atomic E-state index is 4.28. The maximum Gasteiger partial charge on any atom is 0.191 e. The van der Waals surface area contributed by atoms with E-state index in [1.807, 2.05) is 18.8 Å². The lowest BCUT2D eigenvalue weighted by molar-refractivity contribution is 0.206. The summed E-state index contributed by atoms with van der Waals surface area (Å²) in [6.07, 6.45) is 5.84. The van der Waals surface area contributed by atoms with Gasteiger partial charge in [-0.3, -0.25) is 4.99 Å². The van der Waals surface area contributed by atoms with Gasteiger partial charge in [0.15, 0.2) is 5.96 Å². The molecule has 0 saturated carbocycles. The van der Waals surface area contributed by atoms with Crippen LogP contribution < -0.4 is 10.6 Å². The molecule has 1 rings (SSSR count). The Morgan fingerprint density at radius 3 is 2.58 bits per heavy atom. The number of nitrogens with one attached hydrogen (secondary N) is 2. The van der Waals surface area contributed by atoms with Gasteiger partial charge in [0.2, 0.25) is 0 Å². The Kier molecular flexibility index (Phi) is 12.3. The Hall–Kier alpha value is 0.310. The summed E-state index contributed by atoms with van der Waals surface area (Å²) >= 11 is 1.85. The second-order valence-electron chi connectivity index (χ2n) is 4.75. The zero-order chi connectivity index (χ0) is 13.2. The maximum absolute atomic E-state index is 4.28. The predicted octanol–water partition coefficient (Wildman–Crippen LogP) is 2.01. The molecule has 0 aromatic carbocycles. The fourth-order valence-corrected chi connectivity index (χ4v) is 2.58. The molecule has 0 amide bonds. The molecule has 0 aromatic heterocycles. The van der Waals surface area contributed by atoms with E-state index < -0.39 is 0 Å². The van der Waals surface area contributed by atoms with Crippen LogP contribution in [0.1, 0.15) is 26.2 Å². The van der Waals surface area contributed by atoms with Crippen molar-refractivity contribution in [3.8, 4) is 0 Å². The molecule has 19 heavy (non-hydrogen) atoms. The van der Waals surface area contributed by atoms with E-state index >= 15 is 0 Å². The van der Waals surface area contributed by atoms with Gasteiger partial charge in [0, 0.05) is 38.5 Å². The Morgan fingerprint density at radius 2 is 2.05 bits per heavy atom. The van der Waals surface area contributed by atoms with Crippen molar-refractivity contribution >= 4 is 41.7 Å². The Balaban J connectivity index is 0.00000324. The normalized spacial score (nSPS) is 17.9. The molecular formula is C13H29IN4S. The van der Waals surface area contributed by atoms with Gasteiger partial charge >= 0.3 is 0 Å². The summed E-state index contributed by atoms with van der Waals surface area (Å²) in [4.78, 5) is 6.84. The monoisotopic (exact) mass is 400 g/mol. The van der Waals surface area contributed by atoms with E-state index in [9.17, 15) is 0 Å². The van der Waals surface area contributed by atoms with E-state index in [0.717, 1.165) is 18.3 Å². The number of guanidine groups is 1. The van der Waals surface area contributed by atoms with E-state index in [0.29, 0.717) is 6.04 Å². The number of thioether (sulfide) groups is 1. The first kappa shape index (κ1) is 19.3. The van der Waals surface area contributed by atoms with Crippen molar-refractivity contribution < 1.29 is 0 Å². The summed E-state index contributed by atoms with van der Waals surface area (Å²) in [5.41, 5.74) is 0. The van der Waals surface area contributed by atoms with Crippen molar-refractivity contribution in [1.29, 1.82) is 0 Å². The molecule has 1 saturated heterocycles. The van der Waals surface area contributed by atoms with E-state index in [1.165, 1.54) is 38.9 Å². The molecule has 1 aliphatic heterocycles. The Labute approximate surface area is 139 Å². The van der Waals surface area contributed by atoms with Crippen LogP contribution in [-0.2, 0) is 0 Å². The number of likely N-dealkylation sites (tertiary alicyclic amines) is 1. The van der Waals surface area contributed by atoms with Gasteiger partial charge in [-0.2, -0.15) is 11.8 Å². The molecule has 1 aliphatic rings. The van der Waals surface area contributed by atoms with Crippen molar-refractivity contribution in [2.24, 2.45) is 4.99 Å². The topological polar surface area (TPSA) is 39.7 Å². The summed E-state index contributed by atoms with van der Waals surface area (Å²) in [5, 5.41) is 6.89. The van der Waals surface area contributed by atoms with E-state index in [1.54, 1.807) is 0 Å². The zero-order valence-corrected chi connectivity index (χ0v) is 15.6. The van der Waals surface area contributed by atoms with Crippen LogP contribution in [-0.4, -0.2) is 62.1 Å². The fraction of sp³-hybridized carbons (Fsp3) is 0.923. The average molecular weight is 400 g/mol. The molecule has 2 N–H and O–H groups in total. The predicted molar refractivity (Wildman–Crippen MR) is 98.0 cm³/mol. The number of aliphatic imine (C=N–C) groups is 1. The molecule has 0 spiro atoms. The molecule has 0 bridgehead atoms. The lowest BCUT2D eigenvalue weighted by atomic mass is 10.1. The van der Waals surface area contributed by atoms with Gasteiger partial charge in [0.1, 0.15) is 0 Å².